The Morgan fingerprint density at radius 2 is 1.75 bits per heavy atom. The van der Waals surface area contributed by atoms with Crippen molar-refractivity contribution in [1.29, 1.82) is 0 Å². The Balaban J connectivity index is 1.85. The van der Waals surface area contributed by atoms with E-state index in [4.69, 9.17) is 10.5 Å². The van der Waals surface area contributed by atoms with Crippen molar-refractivity contribution in [1.82, 2.24) is 9.55 Å². The molecule has 4 nitrogen and oxygen atoms in total. The third-order valence-electron chi connectivity index (χ3n) is 3.98. The fourth-order valence-electron chi connectivity index (χ4n) is 2.69. The molecule has 3 rings (SSSR count). The maximum absolute atomic E-state index is 6.37. The van der Waals surface area contributed by atoms with Crippen LogP contribution in [-0.4, -0.2) is 16.2 Å². The van der Waals surface area contributed by atoms with E-state index < -0.39 is 0 Å². The first-order chi connectivity index (χ1) is 11.7. The third kappa shape index (κ3) is 3.43. The number of ether oxygens (including phenoxy) is 1. The van der Waals surface area contributed by atoms with Gasteiger partial charge in [-0.2, -0.15) is 0 Å². The van der Waals surface area contributed by atoms with E-state index in [9.17, 15) is 0 Å². The quantitative estimate of drug-likeness (QED) is 0.737. The zero-order valence-electron chi connectivity index (χ0n) is 14.2. The van der Waals surface area contributed by atoms with Gasteiger partial charge >= 0.3 is 0 Å². The predicted molar refractivity (Wildman–Crippen MR) is 98.1 cm³/mol. The molecule has 124 valence electrons. The summed E-state index contributed by atoms with van der Waals surface area (Å²) in [4.78, 5) is 4.67. The van der Waals surface area contributed by atoms with Crippen LogP contribution in [0.1, 0.15) is 24.7 Å². The van der Waals surface area contributed by atoms with E-state index >= 15 is 0 Å². The molecule has 0 unspecified atom stereocenters. The Bertz CT molecular complexity index is 792. The van der Waals surface area contributed by atoms with Crippen LogP contribution >= 0.6 is 0 Å². The number of rotatable bonds is 6. The molecule has 0 spiro atoms. The second-order valence-electron chi connectivity index (χ2n) is 5.84. The highest BCUT2D eigenvalue weighted by molar-refractivity contribution is 5.71. The van der Waals surface area contributed by atoms with Gasteiger partial charge in [0.05, 0.1) is 13.2 Å². The summed E-state index contributed by atoms with van der Waals surface area (Å²) < 4.78 is 7.68. The van der Waals surface area contributed by atoms with Gasteiger partial charge in [0, 0.05) is 5.56 Å². The van der Waals surface area contributed by atoms with Gasteiger partial charge in [0.25, 0.3) is 0 Å². The van der Waals surface area contributed by atoms with E-state index in [1.165, 1.54) is 5.56 Å². The highest BCUT2D eigenvalue weighted by Gasteiger charge is 2.14. The average molecular weight is 321 g/mol. The number of anilines is 1. The van der Waals surface area contributed by atoms with Crippen LogP contribution < -0.4 is 10.5 Å². The van der Waals surface area contributed by atoms with E-state index in [1.807, 2.05) is 54.0 Å². The number of hydrogen-bond acceptors (Lipinski definition) is 3. The molecule has 0 saturated carbocycles. The molecule has 0 atom stereocenters. The van der Waals surface area contributed by atoms with Crippen LogP contribution in [0.15, 0.2) is 54.6 Å². The van der Waals surface area contributed by atoms with Crippen LogP contribution in [0.25, 0.3) is 11.3 Å². The van der Waals surface area contributed by atoms with E-state index in [0.717, 1.165) is 42.4 Å². The summed E-state index contributed by atoms with van der Waals surface area (Å²) in [5.74, 6) is 2.48. The van der Waals surface area contributed by atoms with Crippen molar-refractivity contribution >= 4 is 5.82 Å². The molecule has 1 aromatic heterocycles. The minimum Gasteiger partial charge on any atom is -0.494 e. The van der Waals surface area contributed by atoms with Crippen molar-refractivity contribution in [2.75, 3.05) is 12.3 Å². The van der Waals surface area contributed by atoms with Gasteiger partial charge in [0.2, 0.25) is 0 Å². The Morgan fingerprint density at radius 3 is 2.42 bits per heavy atom. The molecule has 4 heteroatoms. The number of aromatic nitrogens is 2. The van der Waals surface area contributed by atoms with Crippen molar-refractivity contribution in [3.8, 4) is 17.0 Å². The summed E-state index contributed by atoms with van der Waals surface area (Å²) >= 11 is 0. The highest BCUT2D eigenvalue weighted by atomic mass is 16.5. The molecule has 0 bridgehead atoms. The van der Waals surface area contributed by atoms with E-state index in [-0.39, 0.29) is 0 Å². The van der Waals surface area contributed by atoms with Gasteiger partial charge in [-0.3, -0.25) is 0 Å². The zero-order chi connectivity index (χ0) is 16.9. The fourth-order valence-corrected chi connectivity index (χ4v) is 2.69. The first-order valence-corrected chi connectivity index (χ1v) is 8.28. The van der Waals surface area contributed by atoms with Gasteiger partial charge in [-0.15, -0.1) is 0 Å². The summed E-state index contributed by atoms with van der Waals surface area (Å²) in [6.45, 7) is 5.54. The summed E-state index contributed by atoms with van der Waals surface area (Å²) in [5, 5.41) is 0. The summed E-state index contributed by atoms with van der Waals surface area (Å²) in [6.07, 6.45) is 0.998. The Morgan fingerprint density at radius 1 is 1.04 bits per heavy atom. The zero-order valence-corrected chi connectivity index (χ0v) is 14.2. The molecule has 0 amide bonds. The number of nitrogens with two attached hydrogens (primary N) is 1. The molecule has 1 heterocycles. The Labute approximate surface area is 142 Å². The maximum atomic E-state index is 6.37. The molecule has 0 aliphatic rings. The summed E-state index contributed by atoms with van der Waals surface area (Å²) in [5.41, 5.74) is 9.41. The topological polar surface area (TPSA) is 53.1 Å². The minimum atomic E-state index is 0.693. The van der Waals surface area contributed by atoms with E-state index in [0.29, 0.717) is 5.82 Å². The van der Waals surface area contributed by atoms with Gasteiger partial charge < -0.3 is 15.0 Å². The molecule has 0 radical (unpaired) electrons. The molecule has 0 fully saturated rings. The SMILES string of the molecule is CCCOc1ccc(-c2nc(C)n(Cc3ccccc3)c2N)cc1. The first-order valence-electron chi connectivity index (χ1n) is 8.28. The molecule has 0 saturated heterocycles. The molecule has 24 heavy (non-hydrogen) atoms. The highest BCUT2D eigenvalue weighted by Crippen LogP contribution is 2.28. The minimum absolute atomic E-state index is 0.693. The Hall–Kier alpha value is -2.75. The van der Waals surface area contributed by atoms with E-state index in [2.05, 4.69) is 24.0 Å². The third-order valence-corrected chi connectivity index (χ3v) is 3.98. The number of aryl methyl sites for hydroxylation is 1. The molecule has 2 N–H and O–H groups in total. The van der Waals surface area contributed by atoms with Crippen LogP contribution in [0.4, 0.5) is 5.82 Å². The van der Waals surface area contributed by atoms with Crippen molar-refractivity contribution in [3.63, 3.8) is 0 Å². The molecule has 0 aliphatic carbocycles. The normalized spacial score (nSPS) is 10.8. The maximum Gasteiger partial charge on any atom is 0.132 e. The lowest BCUT2D eigenvalue weighted by Crippen LogP contribution is -2.06. The number of benzene rings is 2. The van der Waals surface area contributed by atoms with Crippen molar-refractivity contribution in [2.24, 2.45) is 0 Å². The number of hydrogen-bond donors (Lipinski definition) is 1. The lowest BCUT2D eigenvalue weighted by atomic mass is 10.1. The van der Waals surface area contributed by atoms with Crippen LogP contribution in [-0.2, 0) is 6.54 Å². The molecule has 0 aliphatic heterocycles. The Kier molecular flexibility index (Phi) is 4.85. The van der Waals surface area contributed by atoms with Gasteiger partial charge in [0.1, 0.15) is 23.1 Å². The number of nitrogen functional groups attached to an aromatic ring is 1. The summed E-state index contributed by atoms with van der Waals surface area (Å²) in [6, 6.07) is 18.2. The predicted octanol–water partition coefficient (Wildman–Crippen LogP) is 4.28. The van der Waals surface area contributed by atoms with Gasteiger partial charge in [-0.05, 0) is 43.2 Å². The van der Waals surface area contributed by atoms with Gasteiger partial charge in [-0.1, -0.05) is 37.3 Å². The van der Waals surface area contributed by atoms with Gasteiger partial charge in [-0.25, -0.2) is 4.98 Å². The van der Waals surface area contributed by atoms with Crippen LogP contribution in [0, 0.1) is 6.92 Å². The largest absolute Gasteiger partial charge is 0.494 e. The molecule has 2 aromatic carbocycles. The fraction of sp³-hybridized carbons (Fsp3) is 0.250. The molecular weight excluding hydrogens is 298 g/mol. The summed E-state index contributed by atoms with van der Waals surface area (Å²) in [7, 11) is 0. The van der Waals surface area contributed by atoms with Crippen LogP contribution in [0.2, 0.25) is 0 Å². The molecular formula is C20H23N3O. The van der Waals surface area contributed by atoms with E-state index in [1.54, 1.807) is 0 Å². The first kappa shape index (κ1) is 16.1. The lowest BCUT2D eigenvalue weighted by molar-refractivity contribution is 0.317. The second kappa shape index (κ2) is 7.21. The van der Waals surface area contributed by atoms with Crippen LogP contribution in [0.5, 0.6) is 5.75 Å². The van der Waals surface area contributed by atoms with Crippen molar-refractivity contribution in [2.45, 2.75) is 26.8 Å². The standard InChI is InChI=1S/C20H23N3O/c1-3-13-24-18-11-9-17(10-12-18)19-20(21)23(15(2)22-19)14-16-7-5-4-6-8-16/h4-12H,3,13-14,21H2,1-2H3. The van der Waals surface area contributed by atoms with Gasteiger partial charge in [0.15, 0.2) is 0 Å². The number of nitrogens with zero attached hydrogens (tertiary/aromatic N) is 2. The lowest BCUT2D eigenvalue weighted by Gasteiger charge is -2.08. The van der Waals surface area contributed by atoms with Crippen LogP contribution in [0.3, 0.4) is 0 Å². The smallest absolute Gasteiger partial charge is 0.132 e. The monoisotopic (exact) mass is 321 g/mol. The molecule has 3 aromatic rings. The van der Waals surface area contributed by atoms with Crippen molar-refractivity contribution in [3.05, 3.63) is 66.0 Å². The van der Waals surface area contributed by atoms with Crippen molar-refractivity contribution < 1.29 is 4.74 Å². The average Bonchev–Trinajstić information content (AvgIpc) is 2.89. The second-order valence-corrected chi connectivity index (χ2v) is 5.84. The number of imidazole rings is 1.